The summed E-state index contributed by atoms with van der Waals surface area (Å²) in [4.78, 5) is 0. The van der Waals surface area contributed by atoms with Crippen LogP contribution in [0.4, 0.5) is 26.3 Å². The van der Waals surface area contributed by atoms with Gasteiger partial charge in [-0.15, -0.1) is 12.4 Å². The van der Waals surface area contributed by atoms with E-state index in [9.17, 15) is 26.3 Å². The van der Waals surface area contributed by atoms with Crippen molar-refractivity contribution in [3.63, 3.8) is 0 Å². The second-order valence-electron chi connectivity index (χ2n) is 5.37. The van der Waals surface area contributed by atoms with Gasteiger partial charge in [0.25, 0.3) is 0 Å². The molecule has 0 spiro atoms. The van der Waals surface area contributed by atoms with Crippen LogP contribution in [0, 0.1) is 5.92 Å². The maximum atomic E-state index is 13.2. The van der Waals surface area contributed by atoms with E-state index >= 15 is 0 Å². The molecule has 9 heteroatoms. The van der Waals surface area contributed by atoms with Crippen LogP contribution in [0.5, 0.6) is 5.75 Å². The first kappa shape index (κ1) is 21.9. The van der Waals surface area contributed by atoms with Gasteiger partial charge in [-0.05, 0) is 24.5 Å². The topological polar surface area (TPSA) is 35.2 Å². The van der Waals surface area contributed by atoms with E-state index in [1.54, 1.807) is 13.8 Å². The molecule has 1 aromatic rings. The minimum absolute atomic E-state index is 0. The Morgan fingerprint density at radius 2 is 1.57 bits per heavy atom. The SMILES string of the molecule is COc1cc(C(F)(F)F)cc(C(F)(F)F)c1[C@H](N)CC(C)C.Cl. The summed E-state index contributed by atoms with van der Waals surface area (Å²) in [5, 5.41) is 0. The zero-order valence-electron chi connectivity index (χ0n) is 12.7. The van der Waals surface area contributed by atoms with Crippen LogP contribution in [0.15, 0.2) is 12.1 Å². The Bertz CT molecular complexity index is 527. The zero-order chi connectivity index (χ0) is 17.3. The maximum Gasteiger partial charge on any atom is 0.416 e. The number of ether oxygens (including phenoxy) is 1. The third kappa shape index (κ3) is 5.46. The van der Waals surface area contributed by atoms with E-state index < -0.39 is 40.8 Å². The van der Waals surface area contributed by atoms with Crippen molar-refractivity contribution in [3.05, 3.63) is 28.8 Å². The molecule has 0 unspecified atom stereocenters. The minimum atomic E-state index is -4.96. The third-order valence-corrected chi connectivity index (χ3v) is 3.09. The summed E-state index contributed by atoms with van der Waals surface area (Å²) in [5.41, 5.74) is 2.49. The first-order chi connectivity index (χ1) is 9.87. The van der Waals surface area contributed by atoms with Gasteiger partial charge in [-0.25, -0.2) is 0 Å². The van der Waals surface area contributed by atoms with Crippen LogP contribution in [0.2, 0.25) is 0 Å². The highest BCUT2D eigenvalue weighted by Crippen LogP contribution is 2.44. The summed E-state index contributed by atoms with van der Waals surface area (Å²) >= 11 is 0. The minimum Gasteiger partial charge on any atom is -0.496 e. The van der Waals surface area contributed by atoms with Gasteiger partial charge in [-0.1, -0.05) is 13.8 Å². The molecule has 23 heavy (non-hydrogen) atoms. The maximum absolute atomic E-state index is 13.2. The molecule has 1 rings (SSSR count). The lowest BCUT2D eigenvalue weighted by molar-refractivity contribution is -0.143. The highest BCUT2D eigenvalue weighted by atomic mass is 35.5. The molecular weight excluding hydrogens is 348 g/mol. The molecule has 0 heterocycles. The molecule has 0 aliphatic heterocycles. The lowest BCUT2D eigenvalue weighted by atomic mass is 9.91. The van der Waals surface area contributed by atoms with Crippen molar-refractivity contribution >= 4 is 12.4 Å². The molecule has 1 atom stereocenters. The summed E-state index contributed by atoms with van der Waals surface area (Å²) in [6.45, 7) is 3.51. The van der Waals surface area contributed by atoms with Crippen LogP contribution in [0.3, 0.4) is 0 Å². The molecular formula is C14H18ClF6NO. The second kappa shape index (κ2) is 7.61. The van der Waals surface area contributed by atoms with E-state index in [1.165, 1.54) is 0 Å². The lowest BCUT2D eigenvalue weighted by Crippen LogP contribution is -2.21. The van der Waals surface area contributed by atoms with Crippen molar-refractivity contribution < 1.29 is 31.1 Å². The standard InChI is InChI=1S/C14H17F6NO.ClH/c1-7(2)4-10(21)12-9(14(18,19)20)5-8(13(15,16)17)6-11(12)22-3;/h5-7,10H,4,21H2,1-3H3;1H/t10-;/m1./s1. The number of halogens is 7. The normalized spacial score (nSPS) is 13.7. The first-order valence-corrected chi connectivity index (χ1v) is 6.49. The number of methoxy groups -OCH3 is 1. The molecule has 134 valence electrons. The number of benzene rings is 1. The summed E-state index contributed by atoms with van der Waals surface area (Å²) in [5.74, 6) is -0.529. The van der Waals surface area contributed by atoms with E-state index in [4.69, 9.17) is 10.5 Å². The highest BCUT2D eigenvalue weighted by molar-refractivity contribution is 5.85. The molecule has 0 radical (unpaired) electrons. The molecule has 0 bridgehead atoms. The Balaban J connectivity index is 0.00000484. The smallest absolute Gasteiger partial charge is 0.416 e. The Labute approximate surface area is 136 Å². The largest absolute Gasteiger partial charge is 0.496 e. The van der Waals surface area contributed by atoms with Crippen molar-refractivity contribution in [1.82, 2.24) is 0 Å². The van der Waals surface area contributed by atoms with Crippen LogP contribution >= 0.6 is 12.4 Å². The number of hydrogen-bond donors (Lipinski definition) is 1. The Kier molecular flexibility index (Phi) is 7.23. The number of nitrogens with two attached hydrogens (primary N) is 1. The van der Waals surface area contributed by atoms with Crippen LogP contribution in [-0.4, -0.2) is 7.11 Å². The summed E-state index contributed by atoms with van der Waals surface area (Å²) in [6.07, 6.45) is -9.68. The Morgan fingerprint density at radius 1 is 1.04 bits per heavy atom. The van der Waals surface area contributed by atoms with Crippen molar-refractivity contribution in [2.24, 2.45) is 11.7 Å². The zero-order valence-corrected chi connectivity index (χ0v) is 13.5. The Morgan fingerprint density at radius 3 is 1.91 bits per heavy atom. The van der Waals surface area contributed by atoms with Gasteiger partial charge in [0.15, 0.2) is 0 Å². The van der Waals surface area contributed by atoms with Gasteiger partial charge in [-0.3, -0.25) is 0 Å². The summed E-state index contributed by atoms with van der Waals surface area (Å²) < 4.78 is 82.5. The molecule has 1 aromatic carbocycles. The quantitative estimate of drug-likeness (QED) is 0.744. The fourth-order valence-corrected chi connectivity index (χ4v) is 2.20. The van der Waals surface area contributed by atoms with Crippen molar-refractivity contribution in [1.29, 1.82) is 0 Å². The third-order valence-electron chi connectivity index (χ3n) is 3.09. The average molecular weight is 366 g/mol. The van der Waals surface area contributed by atoms with Crippen molar-refractivity contribution in [3.8, 4) is 5.75 Å². The van der Waals surface area contributed by atoms with Crippen molar-refractivity contribution in [2.75, 3.05) is 7.11 Å². The van der Waals surface area contributed by atoms with Crippen LogP contribution in [-0.2, 0) is 12.4 Å². The van der Waals surface area contributed by atoms with E-state index in [0.29, 0.717) is 6.07 Å². The average Bonchev–Trinajstić information content (AvgIpc) is 2.33. The number of hydrogen-bond acceptors (Lipinski definition) is 2. The van der Waals surface area contributed by atoms with Gasteiger partial charge < -0.3 is 10.5 Å². The highest BCUT2D eigenvalue weighted by Gasteiger charge is 2.41. The van der Waals surface area contributed by atoms with Crippen LogP contribution in [0.1, 0.15) is 43.0 Å². The summed E-state index contributed by atoms with van der Waals surface area (Å²) in [6, 6.07) is -0.447. The summed E-state index contributed by atoms with van der Waals surface area (Å²) in [7, 11) is 1.02. The number of rotatable bonds is 4. The number of alkyl halides is 6. The molecule has 0 fully saturated rings. The van der Waals surface area contributed by atoms with Gasteiger partial charge in [0.05, 0.1) is 18.2 Å². The second-order valence-corrected chi connectivity index (χ2v) is 5.37. The molecule has 2 N–H and O–H groups in total. The Hall–Kier alpha value is -1.15. The van der Waals surface area contributed by atoms with Crippen LogP contribution < -0.4 is 10.5 Å². The fourth-order valence-electron chi connectivity index (χ4n) is 2.20. The van der Waals surface area contributed by atoms with Crippen LogP contribution in [0.25, 0.3) is 0 Å². The van der Waals surface area contributed by atoms with Gasteiger partial charge in [0.1, 0.15) is 5.75 Å². The molecule has 0 aromatic heterocycles. The van der Waals surface area contributed by atoms with Crippen molar-refractivity contribution in [2.45, 2.75) is 38.7 Å². The van der Waals surface area contributed by atoms with Gasteiger partial charge >= 0.3 is 12.4 Å². The lowest BCUT2D eigenvalue weighted by Gasteiger charge is -2.24. The van der Waals surface area contributed by atoms with Gasteiger partial charge in [0.2, 0.25) is 0 Å². The van der Waals surface area contributed by atoms with E-state index in [1.807, 2.05) is 0 Å². The first-order valence-electron chi connectivity index (χ1n) is 6.49. The molecule has 0 aliphatic rings. The molecule has 0 saturated carbocycles. The molecule has 0 saturated heterocycles. The van der Waals surface area contributed by atoms with Gasteiger partial charge in [0, 0.05) is 11.6 Å². The fraction of sp³-hybridized carbons (Fsp3) is 0.571. The molecule has 0 amide bonds. The van der Waals surface area contributed by atoms with E-state index in [-0.39, 0.29) is 30.8 Å². The molecule has 2 nitrogen and oxygen atoms in total. The predicted molar refractivity (Wildman–Crippen MR) is 76.6 cm³/mol. The van der Waals surface area contributed by atoms with E-state index in [0.717, 1.165) is 7.11 Å². The van der Waals surface area contributed by atoms with Gasteiger partial charge in [-0.2, -0.15) is 26.3 Å². The monoisotopic (exact) mass is 365 g/mol. The van der Waals surface area contributed by atoms with E-state index in [2.05, 4.69) is 0 Å². The predicted octanol–water partition coefficient (Wildman–Crippen LogP) is 5.20. The molecule has 0 aliphatic carbocycles.